The average Bonchev–Trinajstić information content (AvgIpc) is 2.21. The van der Waals surface area contributed by atoms with Gasteiger partial charge in [0.2, 0.25) is 0 Å². The molecule has 90 valence electrons. The lowest BCUT2D eigenvalue weighted by molar-refractivity contribution is 0.222. The largest absolute Gasteiger partial charge is 0.409 e. The van der Waals surface area contributed by atoms with E-state index in [0.29, 0.717) is 12.5 Å². The van der Waals surface area contributed by atoms with Gasteiger partial charge >= 0.3 is 0 Å². The fourth-order valence-corrected chi connectivity index (χ4v) is 1.34. The summed E-state index contributed by atoms with van der Waals surface area (Å²) in [5, 5.41) is 23.7. The van der Waals surface area contributed by atoms with Crippen LogP contribution in [0.3, 0.4) is 0 Å². The Morgan fingerprint density at radius 2 is 2.00 bits per heavy atom. The summed E-state index contributed by atoms with van der Waals surface area (Å²) in [5.74, 6) is 0.716. The molecule has 0 aliphatic rings. The van der Waals surface area contributed by atoms with Crippen LogP contribution in [0, 0.1) is 11.8 Å². The Kier molecular flexibility index (Phi) is 7.07. The molecule has 0 amide bonds. The van der Waals surface area contributed by atoms with Gasteiger partial charge in [-0.25, -0.2) is 0 Å². The molecule has 15 heavy (non-hydrogen) atoms. The van der Waals surface area contributed by atoms with Crippen molar-refractivity contribution < 1.29 is 10.3 Å². The number of nitrogens with two attached hydrogens (primary N) is 1. The highest BCUT2D eigenvalue weighted by molar-refractivity contribution is 5.82. The van der Waals surface area contributed by atoms with Gasteiger partial charge in [0.05, 0.1) is 6.61 Å². The second-order valence-corrected chi connectivity index (χ2v) is 4.34. The van der Waals surface area contributed by atoms with Crippen molar-refractivity contribution in [3.8, 4) is 0 Å². The van der Waals surface area contributed by atoms with E-state index in [0.717, 1.165) is 6.42 Å². The summed E-state index contributed by atoms with van der Waals surface area (Å²) in [6.07, 6.45) is 0.916. The van der Waals surface area contributed by atoms with E-state index in [1.165, 1.54) is 0 Å². The summed E-state index contributed by atoms with van der Waals surface area (Å²) in [6, 6.07) is 0.0824. The van der Waals surface area contributed by atoms with E-state index in [1.54, 1.807) is 0 Å². The molecule has 0 heterocycles. The highest BCUT2D eigenvalue weighted by Gasteiger charge is 2.12. The Hall–Kier alpha value is -0.810. The van der Waals surface area contributed by atoms with E-state index in [4.69, 9.17) is 16.0 Å². The number of hydrogen-bond acceptors (Lipinski definition) is 4. The van der Waals surface area contributed by atoms with Gasteiger partial charge < -0.3 is 21.4 Å². The van der Waals surface area contributed by atoms with Crippen LogP contribution in [-0.2, 0) is 0 Å². The molecule has 0 aromatic heterocycles. The molecule has 0 rings (SSSR count). The molecule has 5 nitrogen and oxygen atoms in total. The highest BCUT2D eigenvalue weighted by Crippen LogP contribution is 2.04. The van der Waals surface area contributed by atoms with Gasteiger partial charge in [-0.15, -0.1) is 0 Å². The van der Waals surface area contributed by atoms with Crippen LogP contribution in [0.25, 0.3) is 0 Å². The van der Waals surface area contributed by atoms with E-state index in [-0.39, 0.29) is 24.4 Å². The molecule has 5 N–H and O–H groups in total. The molecule has 0 aromatic rings. The van der Waals surface area contributed by atoms with Crippen LogP contribution in [-0.4, -0.2) is 35.3 Å². The van der Waals surface area contributed by atoms with Crippen LogP contribution in [0.1, 0.15) is 27.2 Å². The van der Waals surface area contributed by atoms with Gasteiger partial charge in [-0.05, 0) is 12.3 Å². The molecule has 5 heteroatoms. The van der Waals surface area contributed by atoms with Crippen LogP contribution in [0.5, 0.6) is 0 Å². The maximum Gasteiger partial charge on any atom is 0.143 e. The second kappa shape index (κ2) is 7.48. The first-order valence-electron chi connectivity index (χ1n) is 5.32. The molecule has 0 fully saturated rings. The van der Waals surface area contributed by atoms with Gasteiger partial charge in [0, 0.05) is 18.5 Å². The molecule has 2 unspecified atom stereocenters. The van der Waals surface area contributed by atoms with E-state index in [9.17, 15) is 0 Å². The zero-order valence-corrected chi connectivity index (χ0v) is 9.77. The van der Waals surface area contributed by atoms with Gasteiger partial charge in [-0.1, -0.05) is 25.9 Å². The SMILES string of the molecule is CC(C)CC(CO)NCC(C)C(N)=NO. The third kappa shape index (κ3) is 6.30. The normalized spacial score (nSPS) is 16.7. The van der Waals surface area contributed by atoms with Crippen LogP contribution < -0.4 is 11.1 Å². The Morgan fingerprint density at radius 1 is 1.40 bits per heavy atom. The molecule has 0 aliphatic carbocycles. The Morgan fingerprint density at radius 3 is 2.40 bits per heavy atom. The van der Waals surface area contributed by atoms with Gasteiger partial charge in [0.25, 0.3) is 0 Å². The maximum absolute atomic E-state index is 9.11. The number of hydrogen-bond donors (Lipinski definition) is 4. The van der Waals surface area contributed by atoms with Crippen LogP contribution in [0.4, 0.5) is 0 Å². The fraction of sp³-hybridized carbons (Fsp3) is 0.900. The summed E-state index contributed by atoms with van der Waals surface area (Å²) in [6.45, 7) is 6.80. The quantitative estimate of drug-likeness (QED) is 0.214. The Bertz CT molecular complexity index is 195. The Balaban J connectivity index is 3.90. The molecular weight excluding hydrogens is 194 g/mol. The summed E-state index contributed by atoms with van der Waals surface area (Å²) in [4.78, 5) is 0. The summed E-state index contributed by atoms with van der Waals surface area (Å²) < 4.78 is 0. The van der Waals surface area contributed by atoms with Gasteiger partial charge in [-0.3, -0.25) is 0 Å². The minimum Gasteiger partial charge on any atom is -0.409 e. The lowest BCUT2D eigenvalue weighted by Gasteiger charge is -2.20. The van der Waals surface area contributed by atoms with Crippen molar-refractivity contribution in [2.45, 2.75) is 33.2 Å². The lowest BCUT2D eigenvalue weighted by atomic mass is 10.0. The first-order valence-corrected chi connectivity index (χ1v) is 5.32. The topological polar surface area (TPSA) is 90.9 Å². The molecule has 0 saturated carbocycles. The number of amidine groups is 1. The van der Waals surface area contributed by atoms with E-state index < -0.39 is 0 Å². The van der Waals surface area contributed by atoms with Crippen LogP contribution >= 0.6 is 0 Å². The van der Waals surface area contributed by atoms with Crippen LogP contribution in [0.2, 0.25) is 0 Å². The highest BCUT2D eigenvalue weighted by atomic mass is 16.4. The maximum atomic E-state index is 9.11. The van der Waals surface area contributed by atoms with Gasteiger partial charge in [0.15, 0.2) is 0 Å². The summed E-state index contributed by atoms with van der Waals surface area (Å²) in [7, 11) is 0. The van der Waals surface area contributed by atoms with Crippen LogP contribution in [0.15, 0.2) is 5.16 Å². The summed E-state index contributed by atoms with van der Waals surface area (Å²) in [5.41, 5.74) is 5.44. The average molecular weight is 217 g/mol. The predicted molar refractivity (Wildman–Crippen MR) is 60.9 cm³/mol. The number of oxime groups is 1. The zero-order chi connectivity index (χ0) is 11.8. The zero-order valence-electron chi connectivity index (χ0n) is 9.77. The minimum absolute atomic E-state index is 0.0313. The smallest absolute Gasteiger partial charge is 0.143 e. The van der Waals surface area contributed by atoms with E-state index in [1.807, 2.05) is 6.92 Å². The molecule has 0 bridgehead atoms. The molecule has 0 spiro atoms. The monoisotopic (exact) mass is 217 g/mol. The first-order chi connectivity index (χ1) is 7.01. The number of rotatable bonds is 7. The molecule has 2 atom stereocenters. The minimum atomic E-state index is -0.0313. The van der Waals surface area contributed by atoms with Crippen molar-refractivity contribution in [3.05, 3.63) is 0 Å². The predicted octanol–water partition coefficient (Wildman–Crippen LogP) is 0.366. The standard InChI is InChI=1S/C10H23N3O2/c1-7(2)4-9(6-14)12-5-8(3)10(11)13-15/h7-9,12,14-15H,4-6H2,1-3H3,(H2,11,13). The van der Waals surface area contributed by atoms with E-state index >= 15 is 0 Å². The second-order valence-electron chi connectivity index (χ2n) is 4.34. The lowest BCUT2D eigenvalue weighted by Crippen LogP contribution is -2.39. The number of aliphatic hydroxyl groups is 1. The number of nitrogens with one attached hydrogen (secondary N) is 1. The van der Waals surface area contributed by atoms with E-state index in [2.05, 4.69) is 24.3 Å². The van der Waals surface area contributed by atoms with Crippen molar-refractivity contribution in [2.75, 3.05) is 13.2 Å². The van der Waals surface area contributed by atoms with Crippen molar-refractivity contribution in [1.82, 2.24) is 5.32 Å². The van der Waals surface area contributed by atoms with Crippen molar-refractivity contribution >= 4 is 5.84 Å². The Labute approximate surface area is 91.4 Å². The fourth-order valence-electron chi connectivity index (χ4n) is 1.34. The van der Waals surface area contributed by atoms with Crippen molar-refractivity contribution in [1.29, 1.82) is 0 Å². The molecule has 0 aromatic carbocycles. The number of aliphatic hydroxyl groups excluding tert-OH is 1. The molecular formula is C10H23N3O2. The third-order valence-electron chi connectivity index (χ3n) is 2.31. The van der Waals surface area contributed by atoms with Gasteiger partial charge in [-0.2, -0.15) is 0 Å². The summed E-state index contributed by atoms with van der Waals surface area (Å²) >= 11 is 0. The third-order valence-corrected chi connectivity index (χ3v) is 2.31. The number of nitrogens with zero attached hydrogens (tertiary/aromatic N) is 1. The molecule has 0 saturated heterocycles. The van der Waals surface area contributed by atoms with Crippen molar-refractivity contribution in [2.24, 2.45) is 22.7 Å². The van der Waals surface area contributed by atoms with Gasteiger partial charge in [0.1, 0.15) is 5.84 Å². The first kappa shape index (κ1) is 14.2. The van der Waals surface area contributed by atoms with Crippen molar-refractivity contribution in [3.63, 3.8) is 0 Å². The molecule has 0 radical (unpaired) electrons. The molecule has 0 aliphatic heterocycles.